The molecule has 1 heterocycles. The van der Waals surface area contributed by atoms with E-state index in [0.717, 1.165) is 18.9 Å². The first-order valence-electron chi connectivity index (χ1n) is 9.06. The van der Waals surface area contributed by atoms with Crippen molar-refractivity contribution < 1.29 is 24.0 Å². The van der Waals surface area contributed by atoms with Crippen LogP contribution in [0.3, 0.4) is 0 Å². The van der Waals surface area contributed by atoms with Gasteiger partial charge >= 0.3 is 6.09 Å². The van der Waals surface area contributed by atoms with Gasteiger partial charge in [0.15, 0.2) is 5.02 Å². The lowest BCUT2D eigenvalue weighted by Crippen LogP contribution is -2.39. The number of carbonyl (C=O) groups is 2. The highest BCUT2D eigenvalue weighted by molar-refractivity contribution is 6.34. The molecular weight excluding hydrogens is 402 g/mol. The van der Waals surface area contributed by atoms with Crippen LogP contribution in [0.5, 0.6) is 5.75 Å². The SMILES string of the molecule is CC(C)(C)OC(=O)N1CCC[C@H]1/C=C/COc1cc(C(N)=O)cc([N+](=O)[O-])c1Cl. The first-order chi connectivity index (χ1) is 13.5. The normalized spacial score (nSPS) is 16.8. The minimum atomic E-state index is -0.830. The van der Waals surface area contributed by atoms with Gasteiger partial charge < -0.3 is 20.1 Å². The second kappa shape index (κ2) is 9.13. The molecular formula is C19H24ClN3O6. The molecule has 0 radical (unpaired) electrons. The van der Waals surface area contributed by atoms with Gasteiger partial charge in [-0.2, -0.15) is 0 Å². The first kappa shape index (κ1) is 22.5. The monoisotopic (exact) mass is 425 g/mol. The number of rotatable bonds is 6. The number of hydrogen-bond acceptors (Lipinski definition) is 6. The molecule has 1 fully saturated rings. The van der Waals surface area contributed by atoms with Crippen molar-refractivity contribution in [2.75, 3.05) is 13.2 Å². The fourth-order valence-electron chi connectivity index (χ4n) is 2.85. The fourth-order valence-corrected chi connectivity index (χ4v) is 3.09. The van der Waals surface area contributed by atoms with Gasteiger partial charge in [-0.3, -0.25) is 14.9 Å². The molecule has 0 unspecified atom stereocenters. The number of amides is 2. The molecule has 1 aromatic rings. The van der Waals surface area contributed by atoms with Crippen LogP contribution in [0.4, 0.5) is 10.5 Å². The Balaban J connectivity index is 2.05. The summed E-state index contributed by atoms with van der Waals surface area (Å²) in [6.07, 6.45) is 4.77. The Morgan fingerprint density at radius 2 is 2.10 bits per heavy atom. The van der Waals surface area contributed by atoms with Gasteiger partial charge in [0, 0.05) is 18.2 Å². The van der Waals surface area contributed by atoms with Crippen molar-refractivity contribution in [1.82, 2.24) is 4.90 Å². The van der Waals surface area contributed by atoms with Crippen molar-refractivity contribution in [1.29, 1.82) is 0 Å². The van der Waals surface area contributed by atoms with E-state index in [9.17, 15) is 19.7 Å². The average molecular weight is 426 g/mol. The van der Waals surface area contributed by atoms with Crippen molar-refractivity contribution in [2.45, 2.75) is 45.3 Å². The molecule has 1 atom stereocenters. The number of benzene rings is 1. The summed E-state index contributed by atoms with van der Waals surface area (Å²) < 4.78 is 10.9. The minimum absolute atomic E-state index is 0.0188. The maximum absolute atomic E-state index is 12.3. The molecule has 2 amide bonds. The number of nitrogens with two attached hydrogens (primary N) is 1. The van der Waals surface area contributed by atoms with Gasteiger partial charge in [0.2, 0.25) is 5.91 Å². The largest absolute Gasteiger partial charge is 0.488 e. The lowest BCUT2D eigenvalue weighted by Gasteiger charge is -2.27. The van der Waals surface area contributed by atoms with Crippen LogP contribution < -0.4 is 10.5 Å². The van der Waals surface area contributed by atoms with E-state index in [1.807, 2.05) is 26.8 Å². The molecule has 0 bridgehead atoms. The highest BCUT2D eigenvalue weighted by Crippen LogP contribution is 2.35. The third-order valence-corrected chi connectivity index (χ3v) is 4.50. The quantitative estimate of drug-likeness (QED) is 0.421. The van der Waals surface area contributed by atoms with Crippen molar-refractivity contribution in [3.8, 4) is 5.75 Å². The summed E-state index contributed by atoms with van der Waals surface area (Å²) in [7, 11) is 0. The second-order valence-corrected chi connectivity index (χ2v) is 7.93. The van der Waals surface area contributed by atoms with Crippen LogP contribution in [0.1, 0.15) is 44.0 Å². The smallest absolute Gasteiger partial charge is 0.410 e. The molecule has 0 aliphatic carbocycles. The van der Waals surface area contributed by atoms with Crippen LogP contribution in [0.15, 0.2) is 24.3 Å². The number of hydrogen-bond donors (Lipinski definition) is 1. The van der Waals surface area contributed by atoms with Gasteiger partial charge in [0.05, 0.1) is 11.0 Å². The van der Waals surface area contributed by atoms with Gasteiger partial charge in [-0.15, -0.1) is 0 Å². The van der Waals surface area contributed by atoms with E-state index in [1.165, 1.54) is 6.07 Å². The van der Waals surface area contributed by atoms with E-state index in [0.29, 0.717) is 6.54 Å². The predicted molar refractivity (Wildman–Crippen MR) is 107 cm³/mol. The molecule has 2 N–H and O–H groups in total. The number of primary amides is 1. The average Bonchev–Trinajstić information content (AvgIpc) is 3.06. The Kier molecular flexibility index (Phi) is 7.07. The summed E-state index contributed by atoms with van der Waals surface area (Å²) in [6.45, 7) is 6.07. The summed E-state index contributed by atoms with van der Waals surface area (Å²) in [5.41, 5.74) is 4.09. The standard InChI is InChI=1S/C19H24ClN3O6/c1-19(2,3)29-18(25)22-8-4-6-13(22)7-5-9-28-15-11-12(17(21)24)10-14(16(15)20)23(26)27/h5,7,10-11,13H,4,6,8-9H2,1-3H3,(H2,21,24)/b7-5+/t13-/m0/s1. The van der Waals surface area contributed by atoms with Crippen LogP contribution in [-0.4, -0.2) is 46.6 Å². The Hall–Kier alpha value is -2.81. The lowest BCUT2D eigenvalue weighted by molar-refractivity contribution is -0.384. The molecule has 0 spiro atoms. The van der Waals surface area contributed by atoms with Crippen molar-refractivity contribution >= 4 is 29.3 Å². The minimum Gasteiger partial charge on any atom is -0.488 e. The van der Waals surface area contributed by atoms with Crippen molar-refractivity contribution in [3.05, 3.63) is 45.0 Å². The molecule has 0 aromatic heterocycles. The number of carbonyl (C=O) groups excluding carboxylic acids is 2. The third-order valence-electron chi connectivity index (χ3n) is 4.12. The molecule has 1 aliphatic rings. The Bertz CT molecular complexity index is 834. The molecule has 1 aliphatic heterocycles. The van der Waals surface area contributed by atoms with Gasteiger partial charge in [-0.05, 0) is 45.8 Å². The molecule has 2 rings (SSSR count). The Morgan fingerprint density at radius 1 is 1.41 bits per heavy atom. The summed E-state index contributed by atoms with van der Waals surface area (Å²) >= 11 is 6.00. The second-order valence-electron chi connectivity index (χ2n) is 7.55. The fraction of sp³-hybridized carbons (Fsp3) is 0.474. The first-order valence-corrected chi connectivity index (χ1v) is 9.44. The summed E-state index contributed by atoms with van der Waals surface area (Å²) in [5, 5.41) is 10.9. The van der Waals surface area contributed by atoms with Gasteiger partial charge in [-0.1, -0.05) is 17.7 Å². The van der Waals surface area contributed by atoms with Crippen molar-refractivity contribution in [2.24, 2.45) is 5.73 Å². The molecule has 29 heavy (non-hydrogen) atoms. The number of nitrogens with zero attached hydrogens (tertiary/aromatic N) is 2. The van der Waals surface area contributed by atoms with E-state index in [1.54, 1.807) is 11.0 Å². The highest BCUT2D eigenvalue weighted by Gasteiger charge is 2.30. The molecule has 1 saturated heterocycles. The van der Waals surface area contributed by atoms with Crippen molar-refractivity contribution in [3.63, 3.8) is 0 Å². The van der Waals surface area contributed by atoms with E-state index < -0.39 is 22.1 Å². The number of nitro groups is 1. The molecule has 10 heteroatoms. The van der Waals surface area contributed by atoms with Crippen LogP contribution in [0, 0.1) is 10.1 Å². The van der Waals surface area contributed by atoms with Crippen LogP contribution >= 0.6 is 11.6 Å². The van der Waals surface area contributed by atoms with Crippen LogP contribution in [-0.2, 0) is 4.74 Å². The number of halogens is 1. The van der Waals surface area contributed by atoms with E-state index in [4.69, 9.17) is 26.8 Å². The molecule has 1 aromatic carbocycles. The highest BCUT2D eigenvalue weighted by atomic mass is 35.5. The predicted octanol–water partition coefficient (Wildman–Crippen LogP) is 3.68. The topological polar surface area (TPSA) is 125 Å². The number of nitro benzene ring substituents is 1. The number of likely N-dealkylation sites (tertiary alicyclic amines) is 1. The zero-order valence-corrected chi connectivity index (χ0v) is 17.3. The Labute approximate surface area is 173 Å². The zero-order valence-electron chi connectivity index (χ0n) is 16.5. The summed E-state index contributed by atoms with van der Waals surface area (Å²) in [6, 6.07) is 2.13. The number of ether oxygens (including phenoxy) is 2. The van der Waals surface area contributed by atoms with Gasteiger partial charge in [0.25, 0.3) is 5.69 Å². The van der Waals surface area contributed by atoms with Gasteiger partial charge in [-0.25, -0.2) is 4.79 Å². The molecule has 9 nitrogen and oxygen atoms in total. The maximum Gasteiger partial charge on any atom is 0.410 e. The van der Waals surface area contributed by atoms with Crippen LogP contribution in [0.2, 0.25) is 5.02 Å². The molecule has 0 saturated carbocycles. The summed E-state index contributed by atoms with van der Waals surface area (Å²) in [4.78, 5) is 35.7. The maximum atomic E-state index is 12.3. The van der Waals surface area contributed by atoms with E-state index >= 15 is 0 Å². The summed E-state index contributed by atoms with van der Waals surface area (Å²) in [5.74, 6) is -0.848. The molecule has 158 valence electrons. The third kappa shape index (κ3) is 6.08. The van der Waals surface area contributed by atoms with Crippen LogP contribution in [0.25, 0.3) is 0 Å². The lowest BCUT2D eigenvalue weighted by atomic mass is 10.1. The zero-order chi connectivity index (χ0) is 21.8. The Morgan fingerprint density at radius 3 is 2.69 bits per heavy atom. The van der Waals surface area contributed by atoms with E-state index in [-0.39, 0.29) is 35.1 Å². The van der Waals surface area contributed by atoms with E-state index in [2.05, 4.69) is 0 Å². The van der Waals surface area contributed by atoms with Gasteiger partial charge in [0.1, 0.15) is 18.0 Å².